The van der Waals surface area contributed by atoms with Crippen LogP contribution in [0.3, 0.4) is 0 Å². The molecule has 4 aliphatic carbocycles. The monoisotopic (exact) mass is 325 g/mol. The van der Waals surface area contributed by atoms with Crippen LogP contribution in [0, 0.1) is 23.2 Å². The first-order chi connectivity index (χ1) is 11.6. The van der Waals surface area contributed by atoms with E-state index in [2.05, 4.69) is 5.32 Å². The molecular weight excluding hydrogens is 302 g/mol. The van der Waals surface area contributed by atoms with Crippen molar-refractivity contribution >= 4 is 17.6 Å². The minimum absolute atomic E-state index is 0.121. The number of hydrogen-bond acceptors (Lipinski definition) is 3. The van der Waals surface area contributed by atoms with Crippen molar-refractivity contribution in [3.63, 3.8) is 0 Å². The zero-order valence-corrected chi connectivity index (χ0v) is 13.8. The number of nitrogens with one attached hydrogen (secondary N) is 1. The number of amides is 1. The molecule has 0 aromatic heterocycles. The van der Waals surface area contributed by atoms with Crippen LogP contribution in [0.4, 0.5) is 5.69 Å². The highest BCUT2D eigenvalue weighted by molar-refractivity contribution is 5.97. The number of benzene rings is 1. The van der Waals surface area contributed by atoms with Gasteiger partial charge >= 0.3 is 5.97 Å². The lowest BCUT2D eigenvalue weighted by molar-refractivity contribution is -0.119. The highest BCUT2D eigenvalue weighted by Crippen LogP contribution is 2.66. The molecule has 0 radical (unpaired) electrons. The number of carbonyl (C=O) groups excluding carboxylic acids is 2. The summed E-state index contributed by atoms with van der Waals surface area (Å²) in [5.74, 6) is 2.35. The van der Waals surface area contributed by atoms with Gasteiger partial charge in [0.2, 0.25) is 5.91 Å². The summed E-state index contributed by atoms with van der Waals surface area (Å²) in [6, 6.07) is 5.51. The number of ether oxygens (including phenoxy) is 1. The summed E-state index contributed by atoms with van der Waals surface area (Å²) in [5.41, 5.74) is 2.59. The highest BCUT2D eigenvalue weighted by Gasteiger charge is 2.57. The Morgan fingerprint density at radius 2 is 2.00 bits per heavy atom. The number of cyclic esters (lactones) is 1. The number of rotatable bonds is 3. The average Bonchev–Trinajstić information content (AvgIpc) is 2.92. The summed E-state index contributed by atoms with van der Waals surface area (Å²) in [7, 11) is 0. The van der Waals surface area contributed by atoms with Crippen LogP contribution in [0.25, 0.3) is 0 Å². The molecule has 2 atom stereocenters. The second-order valence-electron chi connectivity index (χ2n) is 8.35. The Morgan fingerprint density at radius 3 is 2.79 bits per heavy atom. The molecule has 4 saturated carbocycles. The second kappa shape index (κ2) is 5.08. The van der Waals surface area contributed by atoms with Crippen LogP contribution in [0.15, 0.2) is 18.2 Å². The van der Waals surface area contributed by atoms with Gasteiger partial charge in [-0.2, -0.15) is 0 Å². The second-order valence-corrected chi connectivity index (χ2v) is 8.35. The smallest absolute Gasteiger partial charge is 0.338 e. The van der Waals surface area contributed by atoms with E-state index in [0.29, 0.717) is 25.0 Å². The quantitative estimate of drug-likeness (QED) is 0.865. The lowest BCUT2D eigenvalue weighted by atomic mass is 9.73. The van der Waals surface area contributed by atoms with Gasteiger partial charge in [-0.05, 0) is 73.0 Å². The molecule has 0 saturated heterocycles. The van der Waals surface area contributed by atoms with Gasteiger partial charge in [0.15, 0.2) is 0 Å². The lowest BCUT2D eigenvalue weighted by Gasteiger charge is -2.32. The number of carbonyl (C=O) groups is 2. The third-order valence-electron chi connectivity index (χ3n) is 6.93. The van der Waals surface area contributed by atoms with Gasteiger partial charge in [0, 0.05) is 18.5 Å². The molecule has 4 heteroatoms. The molecule has 126 valence electrons. The van der Waals surface area contributed by atoms with Gasteiger partial charge in [0.1, 0.15) is 0 Å². The summed E-state index contributed by atoms with van der Waals surface area (Å²) in [6.07, 6.45) is 7.91. The van der Waals surface area contributed by atoms with Gasteiger partial charge in [-0.1, -0.05) is 6.07 Å². The van der Waals surface area contributed by atoms with E-state index in [1.807, 2.05) is 12.1 Å². The molecule has 0 spiro atoms. The summed E-state index contributed by atoms with van der Waals surface area (Å²) in [5, 5.41) is 3.11. The number of fused-ring (bicyclic) bond motifs is 1. The summed E-state index contributed by atoms with van der Waals surface area (Å²) >= 11 is 0. The number of esters is 1. The highest BCUT2D eigenvalue weighted by atomic mass is 16.5. The van der Waals surface area contributed by atoms with Crippen molar-refractivity contribution < 1.29 is 14.3 Å². The maximum Gasteiger partial charge on any atom is 0.338 e. The molecule has 5 aliphatic rings. The van der Waals surface area contributed by atoms with Crippen molar-refractivity contribution in [3.05, 3.63) is 29.3 Å². The predicted molar refractivity (Wildman–Crippen MR) is 89.7 cm³/mol. The molecule has 4 fully saturated rings. The van der Waals surface area contributed by atoms with Gasteiger partial charge in [0.25, 0.3) is 0 Å². The zero-order chi connectivity index (χ0) is 16.3. The van der Waals surface area contributed by atoms with Gasteiger partial charge in [-0.15, -0.1) is 0 Å². The van der Waals surface area contributed by atoms with E-state index in [-0.39, 0.29) is 17.3 Å². The van der Waals surface area contributed by atoms with Crippen molar-refractivity contribution in [2.45, 2.75) is 44.9 Å². The van der Waals surface area contributed by atoms with Crippen molar-refractivity contribution in [2.24, 2.45) is 23.2 Å². The first kappa shape index (κ1) is 14.5. The standard InChI is InChI=1S/C20H23NO3/c22-18(11-20-9-12-6-13(10-20)8-14(20)7-12)21-17-3-1-2-16-15(17)4-5-24-19(16)23/h1-3,12-14H,4-11H2,(H,21,22). The van der Waals surface area contributed by atoms with Crippen LogP contribution in [0.5, 0.6) is 0 Å². The Labute approximate surface area is 142 Å². The molecule has 1 aromatic rings. The Bertz CT molecular complexity index is 712. The van der Waals surface area contributed by atoms with E-state index in [4.69, 9.17) is 4.74 Å². The molecule has 1 heterocycles. The van der Waals surface area contributed by atoms with Crippen LogP contribution in [0.1, 0.15) is 54.4 Å². The number of anilines is 1. The van der Waals surface area contributed by atoms with Crippen LogP contribution >= 0.6 is 0 Å². The number of hydrogen-bond donors (Lipinski definition) is 1. The summed E-state index contributed by atoms with van der Waals surface area (Å²) in [6.45, 7) is 0.397. The zero-order valence-electron chi connectivity index (χ0n) is 13.8. The van der Waals surface area contributed by atoms with E-state index in [9.17, 15) is 9.59 Å². The van der Waals surface area contributed by atoms with Crippen LogP contribution < -0.4 is 5.32 Å². The van der Waals surface area contributed by atoms with Gasteiger partial charge in [0.05, 0.1) is 12.2 Å². The molecule has 1 aliphatic heterocycles. The molecule has 4 nitrogen and oxygen atoms in total. The van der Waals surface area contributed by atoms with Crippen LogP contribution in [0.2, 0.25) is 0 Å². The molecule has 24 heavy (non-hydrogen) atoms. The van der Waals surface area contributed by atoms with E-state index in [0.717, 1.165) is 29.0 Å². The first-order valence-electron chi connectivity index (χ1n) is 9.22. The van der Waals surface area contributed by atoms with E-state index >= 15 is 0 Å². The van der Waals surface area contributed by atoms with Gasteiger partial charge in [-0.25, -0.2) is 4.79 Å². The lowest BCUT2D eigenvalue weighted by Crippen LogP contribution is -2.29. The Hall–Kier alpha value is -1.84. The molecule has 2 unspecified atom stereocenters. The summed E-state index contributed by atoms with van der Waals surface area (Å²) < 4.78 is 5.09. The topological polar surface area (TPSA) is 55.4 Å². The van der Waals surface area contributed by atoms with Crippen molar-refractivity contribution in [1.82, 2.24) is 0 Å². The fraction of sp³-hybridized carbons (Fsp3) is 0.600. The predicted octanol–water partition coefficient (Wildman–Crippen LogP) is 3.55. The molecular formula is C20H23NO3. The first-order valence-corrected chi connectivity index (χ1v) is 9.22. The third kappa shape index (κ3) is 2.11. The molecule has 1 N–H and O–H groups in total. The molecule has 1 aromatic carbocycles. The third-order valence-corrected chi connectivity index (χ3v) is 6.93. The molecule has 1 amide bonds. The maximum absolute atomic E-state index is 12.8. The average molecular weight is 325 g/mol. The largest absolute Gasteiger partial charge is 0.462 e. The van der Waals surface area contributed by atoms with Crippen molar-refractivity contribution in [3.8, 4) is 0 Å². The van der Waals surface area contributed by atoms with E-state index < -0.39 is 0 Å². The van der Waals surface area contributed by atoms with Crippen molar-refractivity contribution in [1.29, 1.82) is 0 Å². The normalized spacial score (nSPS) is 35.7. The van der Waals surface area contributed by atoms with Crippen LogP contribution in [-0.2, 0) is 16.0 Å². The van der Waals surface area contributed by atoms with Crippen molar-refractivity contribution in [2.75, 3.05) is 11.9 Å². The van der Waals surface area contributed by atoms with Crippen LogP contribution in [-0.4, -0.2) is 18.5 Å². The fourth-order valence-electron chi connectivity index (χ4n) is 6.26. The maximum atomic E-state index is 12.8. The molecule has 4 bridgehead atoms. The van der Waals surface area contributed by atoms with Gasteiger partial charge in [-0.3, -0.25) is 4.79 Å². The summed E-state index contributed by atoms with van der Waals surface area (Å²) in [4.78, 5) is 24.6. The minimum Gasteiger partial charge on any atom is -0.462 e. The van der Waals surface area contributed by atoms with Gasteiger partial charge < -0.3 is 10.1 Å². The van der Waals surface area contributed by atoms with E-state index in [1.54, 1.807) is 6.07 Å². The Morgan fingerprint density at radius 1 is 1.21 bits per heavy atom. The SMILES string of the molecule is O=C(CC12CC3CC(CC1C3)C2)Nc1cccc2c1CCOC2=O. The molecule has 6 rings (SSSR count). The fourth-order valence-corrected chi connectivity index (χ4v) is 6.26. The Kier molecular flexibility index (Phi) is 3.07. The minimum atomic E-state index is -0.280. The van der Waals surface area contributed by atoms with E-state index in [1.165, 1.54) is 32.1 Å². The Balaban J connectivity index is 1.35.